The van der Waals surface area contributed by atoms with Gasteiger partial charge in [0.15, 0.2) is 5.78 Å². The first-order valence-corrected chi connectivity index (χ1v) is 5.12. The number of allylic oxidation sites excluding steroid dienone is 2. The van der Waals surface area contributed by atoms with Crippen LogP contribution in [0.25, 0.3) is 0 Å². The standard InChI is InChI=1S/C12H20O/c1-9-6-5-7-10(9)11(13)8-12(2,3)4/h5-8H2,1-4H3. The highest BCUT2D eigenvalue weighted by atomic mass is 16.1. The lowest BCUT2D eigenvalue weighted by Gasteiger charge is -2.17. The van der Waals surface area contributed by atoms with Crippen LogP contribution in [0.2, 0.25) is 0 Å². The summed E-state index contributed by atoms with van der Waals surface area (Å²) in [7, 11) is 0. The summed E-state index contributed by atoms with van der Waals surface area (Å²) in [6, 6.07) is 0. The molecule has 74 valence electrons. The SMILES string of the molecule is CC1=C(C(=O)CC(C)(C)C)CCC1. The number of hydrogen-bond donors (Lipinski definition) is 0. The third-order valence-electron chi connectivity index (χ3n) is 2.52. The summed E-state index contributed by atoms with van der Waals surface area (Å²) in [5, 5.41) is 0. The molecule has 13 heavy (non-hydrogen) atoms. The van der Waals surface area contributed by atoms with Crippen LogP contribution < -0.4 is 0 Å². The molecule has 0 aliphatic heterocycles. The highest BCUT2D eigenvalue weighted by Crippen LogP contribution is 2.30. The zero-order valence-electron chi connectivity index (χ0n) is 9.24. The summed E-state index contributed by atoms with van der Waals surface area (Å²) < 4.78 is 0. The van der Waals surface area contributed by atoms with Crippen molar-refractivity contribution >= 4 is 5.78 Å². The second-order valence-electron chi connectivity index (χ2n) is 5.27. The van der Waals surface area contributed by atoms with Crippen molar-refractivity contribution < 1.29 is 4.79 Å². The van der Waals surface area contributed by atoms with Crippen molar-refractivity contribution in [3.05, 3.63) is 11.1 Å². The molecule has 1 nitrogen and oxygen atoms in total. The van der Waals surface area contributed by atoms with Gasteiger partial charge in [-0.15, -0.1) is 0 Å². The van der Waals surface area contributed by atoms with Crippen molar-refractivity contribution in [1.29, 1.82) is 0 Å². The molecule has 0 aromatic heterocycles. The number of ketones is 1. The smallest absolute Gasteiger partial charge is 0.159 e. The normalized spacial score (nSPS) is 18.2. The summed E-state index contributed by atoms with van der Waals surface area (Å²) in [6.45, 7) is 8.46. The Labute approximate surface area is 81.2 Å². The van der Waals surface area contributed by atoms with E-state index in [1.165, 1.54) is 12.0 Å². The van der Waals surface area contributed by atoms with Gasteiger partial charge in [-0.1, -0.05) is 26.3 Å². The third kappa shape index (κ3) is 2.98. The molecule has 1 aliphatic rings. The number of rotatable bonds is 2. The Bertz CT molecular complexity index is 240. The van der Waals surface area contributed by atoms with Gasteiger partial charge < -0.3 is 0 Å². The maximum atomic E-state index is 11.8. The Hall–Kier alpha value is -0.590. The Morgan fingerprint density at radius 2 is 1.92 bits per heavy atom. The van der Waals surface area contributed by atoms with Gasteiger partial charge in [-0.3, -0.25) is 4.79 Å². The lowest BCUT2D eigenvalue weighted by atomic mass is 9.87. The van der Waals surface area contributed by atoms with Gasteiger partial charge in [-0.25, -0.2) is 0 Å². The van der Waals surface area contributed by atoms with Gasteiger partial charge in [0.2, 0.25) is 0 Å². The van der Waals surface area contributed by atoms with Gasteiger partial charge in [-0.2, -0.15) is 0 Å². The average Bonchev–Trinajstić information content (AvgIpc) is 2.30. The van der Waals surface area contributed by atoms with Gasteiger partial charge in [0.1, 0.15) is 0 Å². The highest BCUT2D eigenvalue weighted by Gasteiger charge is 2.22. The van der Waals surface area contributed by atoms with E-state index in [0.717, 1.165) is 18.4 Å². The molecule has 0 bridgehead atoms. The fraction of sp³-hybridized carbons (Fsp3) is 0.750. The maximum Gasteiger partial charge on any atom is 0.159 e. The second-order valence-corrected chi connectivity index (χ2v) is 5.27. The first-order valence-electron chi connectivity index (χ1n) is 5.12. The molecule has 0 atom stereocenters. The van der Waals surface area contributed by atoms with Crippen molar-refractivity contribution in [2.24, 2.45) is 5.41 Å². The van der Waals surface area contributed by atoms with Crippen LogP contribution in [-0.2, 0) is 4.79 Å². The van der Waals surface area contributed by atoms with Crippen molar-refractivity contribution in [2.45, 2.75) is 53.4 Å². The van der Waals surface area contributed by atoms with Crippen LogP contribution in [0.1, 0.15) is 53.4 Å². The number of carbonyl (C=O) groups is 1. The molecule has 1 heteroatoms. The zero-order valence-corrected chi connectivity index (χ0v) is 9.24. The summed E-state index contributed by atoms with van der Waals surface area (Å²) in [5.41, 5.74) is 2.58. The highest BCUT2D eigenvalue weighted by molar-refractivity contribution is 5.96. The minimum Gasteiger partial charge on any atom is -0.295 e. The lowest BCUT2D eigenvalue weighted by Crippen LogP contribution is -2.14. The predicted molar refractivity (Wildman–Crippen MR) is 55.6 cm³/mol. The molecular weight excluding hydrogens is 160 g/mol. The summed E-state index contributed by atoms with van der Waals surface area (Å²) in [5.74, 6) is 0.377. The topological polar surface area (TPSA) is 17.1 Å². The van der Waals surface area contributed by atoms with E-state index in [-0.39, 0.29) is 5.41 Å². The fourth-order valence-corrected chi connectivity index (χ4v) is 1.86. The first kappa shape index (κ1) is 10.5. The fourth-order valence-electron chi connectivity index (χ4n) is 1.86. The van der Waals surface area contributed by atoms with Gasteiger partial charge in [0.25, 0.3) is 0 Å². The first-order chi connectivity index (χ1) is 5.90. The van der Waals surface area contributed by atoms with Crippen LogP contribution >= 0.6 is 0 Å². The second kappa shape index (κ2) is 3.65. The van der Waals surface area contributed by atoms with Crippen LogP contribution in [0.5, 0.6) is 0 Å². The lowest BCUT2D eigenvalue weighted by molar-refractivity contribution is -0.117. The monoisotopic (exact) mass is 180 g/mol. The summed E-state index contributed by atoms with van der Waals surface area (Å²) in [6.07, 6.45) is 4.02. The molecule has 0 saturated carbocycles. The van der Waals surface area contributed by atoms with E-state index in [1.54, 1.807) is 0 Å². The average molecular weight is 180 g/mol. The molecule has 0 amide bonds. The van der Waals surface area contributed by atoms with E-state index in [4.69, 9.17) is 0 Å². The van der Waals surface area contributed by atoms with Crippen molar-refractivity contribution in [3.63, 3.8) is 0 Å². The molecule has 0 saturated heterocycles. The van der Waals surface area contributed by atoms with Crippen molar-refractivity contribution in [2.75, 3.05) is 0 Å². The van der Waals surface area contributed by atoms with E-state index in [1.807, 2.05) is 0 Å². The Morgan fingerprint density at radius 1 is 1.31 bits per heavy atom. The van der Waals surface area contributed by atoms with Crippen LogP contribution in [0, 0.1) is 5.41 Å². The summed E-state index contributed by atoms with van der Waals surface area (Å²) >= 11 is 0. The van der Waals surface area contributed by atoms with Crippen molar-refractivity contribution in [3.8, 4) is 0 Å². The molecule has 0 radical (unpaired) electrons. The molecule has 0 unspecified atom stereocenters. The molecule has 0 fully saturated rings. The van der Waals surface area contributed by atoms with Crippen molar-refractivity contribution in [1.82, 2.24) is 0 Å². The minimum atomic E-state index is 0.132. The predicted octanol–water partition coefficient (Wildman–Crippen LogP) is 3.49. The Kier molecular flexibility index (Phi) is 2.94. The molecule has 1 aliphatic carbocycles. The Balaban J connectivity index is 2.64. The number of carbonyl (C=O) groups excluding carboxylic acids is 1. The van der Waals surface area contributed by atoms with Crippen LogP contribution in [0.4, 0.5) is 0 Å². The molecule has 0 aromatic rings. The molecule has 0 spiro atoms. The van der Waals surface area contributed by atoms with Crippen LogP contribution in [0.15, 0.2) is 11.1 Å². The number of Topliss-reactive ketones (excluding diaryl/α,β-unsaturated/α-hetero) is 1. The minimum absolute atomic E-state index is 0.132. The van der Waals surface area contributed by atoms with Gasteiger partial charge in [0, 0.05) is 6.42 Å². The number of hydrogen-bond acceptors (Lipinski definition) is 1. The van der Waals surface area contributed by atoms with Crippen LogP contribution in [0.3, 0.4) is 0 Å². The quantitative estimate of drug-likeness (QED) is 0.635. The van der Waals surface area contributed by atoms with E-state index in [0.29, 0.717) is 12.2 Å². The molecule has 0 heterocycles. The van der Waals surface area contributed by atoms with E-state index >= 15 is 0 Å². The van der Waals surface area contributed by atoms with E-state index in [9.17, 15) is 4.79 Å². The Morgan fingerprint density at radius 3 is 2.31 bits per heavy atom. The molecular formula is C12H20O. The van der Waals surface area contributed by atoms with E-state index < -0.39 is 0 Å². The maximum absolute atomic E-state index is 11.8. The molecule has 1 rings (SSSR count). The molecule has 0 aromatic carbocycles. The van der Waals surface area contributed by atoms with E-state index in [2.05, 4.69) is 27.7 Å². The van der Waals surface area contributed by atoms with Crippen LogP contribution in [-0.4, -0.2) is 5.78 Å². The van der Waals surface area contributed by atoms with Gasteiger partial charge in [0.05, 0.1) is 0 Å². The molecule has 0 N–H and O–H groups in total. The van der Waals surface area contributed by atoms with Gasteiger partial charge in [-0.05, 0) is 37.2 Å². The summed E-state index contributed by atoms with van der Waals surface area (Å²) in [4.78, 5) is 11.8. The third-order valence-corrected chi connectivity index (χ3v) is 2.52. The largest absolute Gasteiger partial charge is 0.295 e. The zero-order chi connectivity index (χ0) is 10.1. The van der Waals surface area contributed by atoms with Gasteiger partial charge >= 0.3 is 0 Å².